The molecule has 0 saturated heterocycles. The highest BCUT2D eigenvalue weighted by atomic mass is 32.1. The normalized spacial score (nSPS) is 15.0. The lowest BCUT2D eigenvalue weighted by Gasteiger charge is -2.28. The Balaban J connectivity index is 2.25. The number of halogens is 3. The minimum Gasteiger partial charge on any atom is -0.370 e. The third-order valence-electron chi connectivity index (χ3n) is 3.21. The monoisotopic (exact) mass is 309 g/mol. The zero-order valence-electron chi connectivity index (χ0n) is 10.6. The Bertz CT molecular complexity index is 736. The minimum absolute atomic E-state index is 0.239. The molecule has 1 unspecified atom stereocenters. The molecule has 3 rings (SSSR count). The van der Waals surface area contributed by atoms with E-state index in [2.05, 4.69) is 4.98 Å². The Morgan fingerprint density at radius 1 is 0.905 bits per heavy atom. The van der Waals surface area contributed by atoms with Crippen LogP contribution in [0.3, 0.4) is 0 Å². The van der Waals surface area contributed by atoms with Crippen LogP contribution in [0.25, 0.3) is 10.2 Å². The number of nitrogens with zero attached hydrogens (tertiary/aromatic N) is 1. The number of thiazole rings is 1. The van der Waals surface area contributed by atoms with Gasteiger partial charge >= 0.3 is 6.18 Å². The summed E-state index contributed by atoms with van der Waals surface area (Å²) < 4.78 is 41.2. The summed E-state index contributed by atoms with van der Waals surface area (Å²) in [6, 6.07) is 13.7. The van der Waals surface area contributed by atoms with Crippen LogP contribution in [0.1, 0.15) is 10.6 Å². The Kier molecular flexibility index (Phi) is 3.22. The highest BCUT2D eigenvalue weighted by Crippen LogP contribution is 2.46. The molecule has 108 valence electrons. The van der Waals surface area contributed by atoms with E-state index in [0.717, 1.165) is 11.3 Å². The SMILES string of the molecule is OC(c1ccccc1)(c1nc2ccccc2s1)C(F)(F)F. The van der Waals surface area contributed by atoms with Crippen LogP contribution in [0.5, 0.6) is 0 Å². The first-order valence-electron chi connectivity index (χ1n) is 6.13. The van der Waals surface area contributed by atoms with Crippen molar-refractivity contribution in [2.75, 3.05) is 0 Å². The molecule has 0 spiro atoms. The van der Waals surface area contributed by atoms with E-state index in [-0.39, 0.29) is 10.6 Å². The molecule has 1 N–H and O–H groups in total. The molecule has 0 aliphatic carbocycles. The number of hydrogen-bond acceptors (Lipinski definition) is 3. The lowest BCUT2D eigenvalue weighted by molar-refractivity contribution is -0.248. The molecule has 6 heteroatoms. The predicted molar refractivity (Wildman–Crippen MR) is 75.1 cm³/mol. The van der Waals surface area contributed by atoms with E-state index in [1.54, 1.807) is 30.3 Å². The maximum Gasteiger partial charge on any atom is 0.428 e. The van der Waals surface area contributed by atoms with Gasteiger partial charge in [-0.1, -0.05) is 42.5 Å². The maximum atomic E-state index is 13.5. The van der Waals surface area contributed by atoms with Gasteiger partial charge in [0, 0.05) is 0 Å². The van der Waals surface area contributed by atoms with Crippen LogP contribution in [0.2, 0.25) is 0 Å². The van der Waals surface area contributed by atoms with Gasteiger partial charge in [0.1, 0.15) is 5.01 Å². The summed E-state index contributed by atoms with van der Waals surface area (Å²) >= 11 is 0.845. The molecule has 0 fully saturated rings. The second-order valence-electron chi connectivity index (χ2n) is 4.56. The van der Waals surface area contributed by atoms with Crippen molar-refractivity contribution >= 4 is 21.6 Å². The van der Waals surface area contributed by atoms with Crippen molar-refractivity contribution in [3.05, 3.63) is 65.2 Å². The zero-order valence-corrected chi connectivity index (χ0v) is 11.4. The van der Waals surface area contributed by atoms with E-state index < -0.39 is 11.8 Å². The first-order chi connectivity index (χ1) is 9.93. The molecule has 1 atom stereocenters. The number of para-hydroxylation sites is 1. The van der Waals surface area contributed by atoms with Crippen molar-refractivity contribution < 1.29 is 18.3 Å². The van der Waals surface area contributed by atoms with Gasteiger partial charge in [-0.2, -0.15) is 13.2 Å². The number of alkyl halides is 3. The Morgan fingerprint density at radius 3 is 2.14 bits per heavy atom. The Labute approximate surface area is 122 Å². The molecular weight excluding hydrogens is 299 g/mol. The van der Waals surface area contributed by atoms with E-state index in [4.69, 9.17) is 0 Å². The zero-order chi connectivity index (χ0) is 15.1. The molecule has 0 saturated carbocycles. The fourth-order valence-electron chi connectivity index (χ4n) is 2.11. The topological polar surface area (TPSA) is 33.1 Å². The van der Waals surface area contributed by atoms with Crippen LogP contribution >= 0.6 is 11.3 Å². The molecule has 0 aliphatic rings. The van der Waals surface area contributed by atoms with Crippen LogP contribution in [0, 0.1) is 0 Å². The van der Waals surface area contributed by atoms with E-state index in [1.807, 2.05) is 0 Å². The predicted octanol–water partition coefficient (Wildman–Crippen LogP) is 4.09. The number of hydrogen-bond donors (Lipinski definition) is 1. The molecule has 2 aromatic carbocycles. The highest BCUT2D eigenvalue weighted by molar-refractivity contribution is 7.18. The molecule has 0 amide bonds. The van der Waals surface area contributed by atoms with Gasteiger partial charge in [-0.3, -0.25) is 0 Å². The van der Waals surface area contributed by atoms with Crippen LogP contribution in [0.4, 0.5) is 13.2 Å². The van der Waals surface area contributed by atoms with E-state index in [0.29, 0.717) is 10.2 Å². The first-order valence-corrected chi connectivity index (χ1v) is 6.95. The highest BCUT2D eigenvalue weighted by Gasteiger charge is 2.58. The largest absolute Gasteiger partial charge is 0.428 e. The van der Waals surface area contributed by atoms with Crippen molar-refractivity contribution in [3.8, 4) is 0 Å². The smallest absolute Gasteiger partial charge is 0.370 e. The summed E-state index contributed by atoms with van der Waals surface area (Å²) in [5.74, 6) is 0. The first kappa shape index (κ1) is 14.0. The summed E-state index contributed by atoms with van der Waals surface area (Å²) in [6.45, 7) is 0. The third-order valence-corrected chi connectivity index (χ3v) is 4.35. The van der Waals surface area contributed by atoms with Gasteiger partial charge in [-0.25, -0.2) is 4.98 Å². The van der Waals surface area contributed by atoms with Crippen molar-refractivity contribution in [1.82, 2.24) is 4.98 Å². The van der Waals surface area contributed by atoms with Crippen LogP contribution < -0.4 is 0 Å². The average Bonchev–Trinajstić information content (AvgIpc) is 2.90. The summed E-state index contributed by atoms with van der Waals surface area (Å²) in [5.41, 5.74) is -2.90. The molecule has 2 nitrogen and oxygen atoms in total. The lowest BCUT2D eigenvalue weighted by Crippen LogP contribution is -2.43. The second-order valence-corrected chi connectivity index (χ2v) is 5.59. The van der Waals surface area contributed by atoms with E-state index >= 15 is 0 Å². The molecule has 0 aliphatic heterocycles. The maximum absolute atomic E-state index is 13.5. The van der Waals surface area contributed by atoms with Gasteiger partial charge in [0.2, 0.25) is 5.60 Å². The average molecular weight is 309 g/mol. The number of rotatable bonds is 2. The number of fused-ring (bicyclic) bond motifs is 1. The third kappa shape index (κ3) is 2.20. The molecule has 3 aromatic rings. The summed E-state index contributed by atoms with van der Waals surface area (Å²) in [6.07, 6.45) is -4.86. The van der Waals surface area contributed by atoms with Gasteiger partial charge in [0.15, 0.2) is 0 Å². The minimum atomic E-state index is -4.86. The van der Waals surface area contributed by atoms with Crippen molar-refractivity contribution in [1.29, 1.82) is 0 Å². The fraction of sp³-hybridized carbons (Fsp3) is 0.133. The molecule has 0 bridgehead atoms. The Morgan fingerprint density at radius 2 is 1.52 bits per heavy atom. The molecule has 21 heavy (non-hydrogen) atoms. The number of aliphatic hydroxyl groups is 1. The van der Waals surface area contributed by atoms with Gasteiger partial charge in [0.25, 0.3) is 0 Å². The van der Waals surface area contributed by atoms with Gasteiger partial charge in [-0.15, -0.1) is 11.3 Å². The molecule has 1 aromatic heterocycles. The summed E-state index contributed by atoms with van der Waals surface area (Å²) in [7, 11) is 0. The molecule has 0 radical (unpaired) electrons. The quantitative estimate of drug-likeness (QED) is 0.773. The van der Waals surface area contributed by atoms with E-state index in [9.17, 15) is 18.3 Å². The van der Waals surface area contributed by atoms with Crippen LogP contribution in [-0.2, 0) is 5.60 Å². The molecule has 1 heterocycles. The van der Waals surface area contributed by atoms with Crippen molar-refractivity contribution in [2.24, 2.45) is 0 Å². The summed E-state index contributed by atoms with van der Waals surface area (Å²) in [4.78, 5) is 3.98. The van der Waals surface area contributed by atoms with Gasteiger partial charge in [0.05, 0.1) is 10.2 Å². The van der Waals surface area contributed by atoms with Crippen molar-refractivity contribution in [2.45, 2.75) is 11.8 Å². The standard InChI is InChI=1S/C15H10F3NOS/c16-15(17,18)14(20,10-6-2-1-3-7-10)13-19-11-8-4-5-9-12(11)21-13/h1-9,20H. The Hall–Kier alpha value is -1.92. The van der Waals surface area contributed by atoms with Gasteiger partial charge < -0.3 is 5.11 Å². The summed E-state index contributed by atoms with van der Waals surface area (Å²) in [5, 5.41) is 10.0. The van der Waals surface area contributed by atoms with Crippen LogP contribution in [0.15, 0.2) is 54.6 Å². The molecular formula is C15H10F3NOS. The van der Waals surface area contributed by atoms with Crippen molar-refractivity contribution in [3.63, 3.8) is 0 Å². The lowest BCUT2D eigenvalue weighted by atomic mass is 9.94. The van der Waals surface area contributed by atoms with Gasteiger partial charge in [-0.05, 0) is 17.7 Å². The van der Waals surface area contributed by atoms with Crippen LogP contribution in [-0.4, -0.2) is 16.3 Å². The second kappa shape index (κ2) is 4.82. The fourth-order valence-corrected chi connectivity index (χ4v) is 3.21. The van der Waals surface area contributed by atoms with E-state index in [1.165, 1.54) is 24.3 Å². The number of aromatic nitrogens is 1. The number of benzene rings is 2.